The molecule has 74 valence electrons. The number of allylic oxidation sites excluding steroid dienone is 1. The molecule has 0 spiro atoms. The average Bonchev–Trinajstić information content (AvgIpc) is 2.76. The van der Waals surface area contributed by atoms with Gasteiger partial charge < -0.3 is 0 Å². The van der Waals surface area contributed by atoms with Crippen LogP contribution in [0, 0.1) is 0 Å². The molecule has 0 aliphatic rings. The normalized spacial score (nSPS) is 10.7. The van der Waals surface area contributed by atoms with Crippen molar-refractivity contribution in [1.29, 1.82) is 0 Å². The first-order valence-corrected chi connectivity index (χ1v) is 5.35. The molecule has 15 heavy (non-hydrogen) atoms. The number of hydrogen-bond acceptors (Lipinski definition) is 3. The Hall–Kier alpha value is -1.74. The van der Waals surface area contributed by atoms with Crippen molar-refractivity contribution in [3.05, 3.63) is 47.5 Å². The summed E-state index contributed by atoms with van der Waals surface area (Å²) in [5.74, 6) is 0. The zero-order valence-corrected chi connectivity index (χ0v) is 8.78. The van der Waals surface area contributed by atoms with Crippen LogP contribution in [0.25, 0.3) is 16.6 Å². The molecule has 2 aromatic rings. The van der Waals surface area contributed by atoms with Gasteiger partial charge in [-0.2, -0.15) is 0 Å². The highest BCUT2D eigenvalue weighted by atomic mass is 32.1. The number of benzene rings is 1. The molecule has 0 aliphatic heterocycles. The van der Waals surface area contributed by atoms with Gasteiger partial charge in [0.25, 0.3) is 0 Å². The Morgan fingerprint density at radius 3 is 2.73 bits per heavy atom. The van der Waals surface area contributed by atoms with Gasteiger partial charge in [0.15, 0.2) is 0 Å². The lowest BCUT2D eigenvalue weighted by Crippen LogP contribution is -1.71. The van der Waals surface area contributed by atoms with Gasteiger partial charge in [-0.05, 0) is 12.2 Å². The van der Waals surface area contributed by atoms with Gasteiger partial charge in [-0.3, -0.25) is 4.79 Å². The predicted octanol–water partition coefficient (Wildman–Crippen LogP) is 3.02. The molecule has 0 radical (unpaired) electrons. The first-order chi connectivity index (χ1) is 7.40. The van der Waals surface area contributed by atoms with Crippen LogP contribution in [-0.2, 0) is 4.79 Å². The van der Waals surface area contributed by atoms with Crippen molar-refractivity contribution >= 4 is 23.7 Å². The van der Waals surface area contributed by atoms with E-state index < -0.39 is 0 Å². The van der Waals surface area contributed by atoms with E-state index in [0.717, 1.165) is 21.7 Å². The molecule has 0 bridgehead atoms. The van der Waals surface area contributed by atoms with Gasteiger partial charge in [0.05, 0.1) is 0 Å². The van der Waals surface area contributed by atoms with Crippen molar-refractivity contribution in [1.82, 2.24) is 4.98 Å². The number of aromatic nitrogens is 1. The third-order valence-corrected chi connectivity index (χ3v) is 2.90. The minimum absolute atomic E-state index is 0.766. The Bertz CT molecular complexity index is 473. The highest BCUT2D eigenvalue weighted by molar-refractivity contribution is 7.15. The van der Waals surface area contributed by atoms with E-state index >= 15 is 0 Å². The lowest BCUT2D eigenvalue weighted by Gasteiger charge is -1.92. The second-order valence-corrected chi connectivity index (χ2v) is 3.99. The highest BCUT2D eigenvalue weighted by Gasteiger charge is 2.01. The number of rotatable bonds is 3. The van der Waals surface area contributed by atoms with E-state index in [0.29, 0.717) is 0 Å². The van der Waals surface area contributed by atoms with E-state index in [4.69, 9.17) is 0 Å². The van der Waals surface area contributed by atoms with Crippen molar-refractivity contribution in [2.45, 2.75) is 0 Å². The number of carbonyl (C=O) groups excluding carboxylic acids is 1. The lowest BCUT2D eigenvalue weighted by atomic mass is 10.2. The first-order valence-electron chi connectivity index (χ1n) is 4.53. The SMILES string of the molecule is O=C/C=C/c1cnc(-c2ccccc2)s1. The fraction of sp³-hybridized carbons (Fsp3) is 0. The number of carbonyl (C=O) groups is 1. The second kappa shape index (κ2) is 4.66. The predicted molar refractivity (Wildman–Crippen MR) is 62.6 cm³/mol. The number of nitrogens with zero attached hydrogens (tertiary/aromatic N) is 1. The molecule has 2 nitrogen and oxygen atoms in total. The Labute approximate surface area is 91.9 Å². The fourth-order valence-electron chi connectivity index (χ4n) is 1.21. The molecular formula is C12H9NOS. The van der Waals surface area contributed by atoms with E-state index in [-0.39, 0.29) is 0 Å². The summed E-state index contributed by atoms with van der Waals surface area (Å²) in [4.78, 5) is 15.4. The van der Waals surface area contributed by atoms with Crippen LogP contribution in [0.3, 0.4) is 0 Å². The van der Waals surface area contributed by atoms with E-state index in [1.807, 2.05) is 30.3 Å². The number of aldehydes is 1. The number of hydrogen-bond donors (Lipinski definition) is 0. The Morgan fingerprint density at radius 1 is 1.20 bits per heavy atom. The standard InChI is InChI=1S/C12H9NOS/c14-8-4-7-11-9-13-12(15-11)10-5-2-1-3-6-10/h1-9H/b7-4+. The average molecular weight is 215 g/mol. The van der Waals surface area contributed by atoms with Gasteiger partial charge >= 0.3 is 0 Å². The molecule has 2 rings (SSSR count). The minimum Gasteiger partial charge on any atom is -0.299 e. The zero-order chi connectivity index (χ0) is 10.5. The van der Waals surface area contributed by atoms with Gasteiger partial charge in [0.1, 0.15) is 11.3 Å². The van der Waals surface area contributed by atoms with Crippen LogP contribution in [-0.4, -0.2) is 11.3 Å². The van der Waals surface area contributed by atoms with Gasteiger partial charge in [-0.25, -0.2) is 4.98 Å². The molecule has 0 unspecified atom stereocenters. The third kappa shape index (κ3) is 2.39. The summed E-state index contributed by atoms with van der Waals surface area (Å²) in [6, 6.07) is 9.98. The second-order valence-electron chi connectivity index (χ2n) is 2.93. The van der Waals surface area contributed by atoms with Gasteiger partial charge in [-0.1, -0.05) is 30.3 Å². The van der Waals surface area contributed by atoms with Crippen molar-refractivity contribution in [3.8, 4) is 10.6 Å². The van der Waals surface area contributed by atoms with E-state index in [1.54, 1.807) is 23.6 Å². The van der Waals surface area contributed by atoms with Crippen LogP contribution in [0.1, 0.15) is 4.88 Å². The monoisotopic (exact) mass is 215 g/mol. The summed E-state index contributed by atoms with van der Waals surface area (Å²) < 4.78 is 0. The minimum atomic E-state index is 0.766. The molecule has 0 N–H and O–H groups in total. The van der Waals surface area contributed by atoms with Crippen molar-refractivity contribution < 1.29 is 4.79 Å². The van der Waals surface area contributed by atoms with Crippen LogP contribution in [0.5, 0.6) is 0 Å². The third-order valence-electron chi connectivity index (χ3n) is 1.88. The van der Waals surface area contributed by atoms with Gasteiger partial charge in [0, 0.05) is 16.6 Å². The largest absolute Gasteiger partial charge is 0.299 e. The summed E-state index contributed by atoms with van der Waals surface area (Å²) in [6.45, 7) is 0. The van der Waals surface area contributed by atoms with Crippen LogP contribution in [0.2, 0.25) is 0 Å². The van der Waals surface area contributed by atoms with Crippen LogP contribution in [0.4, 0.5) is 0 Å². The Balaban J connectivity index is 2.28. The smallest absolute Gasteiger partial charge is 0.142 e. The maximum Gasteiger partial charge on any atom is 0.142 e. The summed E-state index contributed by atoms with van der Waals surface area (Å²) in [6.07, 6.45) is 5.77. The maximum absolute atomic E-state index is 10.2. The highest BCUT2D eigenvalue weighted by Crippen LogP contribution is 2.25. The summed E-state index contributed by atoms with van der Waals surface area (Å²) >= 11 is 1.57. The molecule has 1 heterocycles. The first kappa shape index (κ1) is 9.80. The quantitative estimate of drug-likeness (QED) is 0.582. The molecule has 0 aliphatic carbocycles. The van der Waals surface area contributed by atoms with Gasteiger partial charge in [0.2, 0.25) is 0 Å². The van der Waals surface area contributed by atoms with E-state index in [9.17, 15) is 4.79 Å². The van der Waals surface area contributed by atoms with Gasteiger partial charge in [-0.15, -0.1) is 11.3 Å². The Morgan fingerprint density at radius 2 is 2.00 bits per heavy atom. The summed E-state index contributed by atoms with van der Waals surface area (Å²) in [5.41, 5.74) is 1.10. The van der Waals surface area contributed by atoms with Crippen LogP contribution < -0.4 is 0 Å². The number of thiazole rings is 1. The van der Waals surface area contributed by atoms with E-state index in [2.05, 4.69) is 4.98 Å². The molecule has 1 aromatic heterocycles. The van der Waals surface area contributed by atoms with Crippen molar-refractivity contribution in [2.24, 2.45) is 0 Å². The molecule has 0 amide bonds. The van der Waals surface area contributed by atoms with E-state index in [1.165, 1.54) is 6.08 Å². The molecule has 1 aromatic carbocycles. The zero-order valence-electron chi connectivity index (χ0n) is 7.96. The fourth-order valence-corrected chi connectivity index (χ4v) is 2.05. The molecule has 3 heteroatoms. The molecule has 0 atom stereocenters. The topological polar surface area (TPSA) is 30.0 Å². The molecule has 0 saturated heterocycles. The van der Waals surface area contributed by atoms with Crippen LogP contribution >= 0.6 is 11.3 Å². The van der Waals surface area contributed by atoms with Crippen molar-refractivity contribution in [3.63, 3.8) is 0 Å². The summed E-state index contributed by atoms with van der Waals surface area (Å²) in [7, 11) is 0. The Kier molecular flexibility index (Phi) is 3.05. The molecule has 0 fully saturated rings. The molecule has 0 saturated carbocycles. The van der Waals surface area contributed by atoms with Crippen LogP contribution in [0.15, 0.2) is 42.6 Å². The molecular weight excluding hydrogens is 206 g/mol. The maximum atomic E-state index is 10.2. The summed E-state index contributed by atoms with van der Waals surface area (Å²) in [5, 5.41) is 0.973. The lowest BCUT2D eigenvalue weighted by molar-refractivity contribution is -0.104. The van der Waals surface area contributed by atoms with Crippen molar-refractivity contribution in [2.75, 3.05) is 0 Å².